The van der Waals surface area contributed by atoms with Crippen molar-refractivity contribution in [2.45, 2.75) is 58.8 Å². The standard InChI is InChI=1S/C30H41N5O2/c1-29(2)9-7-22(8-10-29)26-18-24(30(3,4)21-35-13-11-34(12-14-35)15-16-36)6-5-23(26)17-27(37)28-32-20-25(19-31)33-28/h5-7,18,20,36H,8-17,21H2,1-4H3,(H,32,33). The third-order valence-corrected chi connectivity index (χ3v) is 8.02. The maximum Gasteiger partial charge on any atom is 0.202 e. The molecule has 2 aromatic rings. The van der Waals surface area contributed by atoms with E-state index in [2.05, 4.69) is 71.7 Å². The van der Waals surface area contributed by atoms with Crippen molar-refractivity contribution in [3.05, 3.63) is 58.7 Å². The Hall–Kier alpha value is -2.79. The average Bonchev–Trinajstić information content (AvgIpc) is 3.35. The summed E-state index contributed by atoms with van der Waals surface area (Å²) >= 11 is 0. The Morgan fingerprint density at radius 2 is 1.95 bits per heavy atom. The van der Waals surface area contributed by atoms with E-state index >= 15 is 0 Å². The summed E-state index contributed by atoms with van der Waals surface area (Å²) in [4.78, 5) is 24.8. The number of β-amino-alcohol motifs (C(OH)–C–C–N with tert-alkyl or cyclic N) is 1. The summed E-state index contributed by atoms with van der Waals surface area (Å²) in [6, 6.07) is 8.63. The molecule has 1 saturated heterocycles. The molecule has 0 amide bonds. The number of ketones is 1. The fourth-order valence-corrected chi connectivity index (χ4v) is 5.51. The number of hydrogen-bond acceptors (Lipinski definition) is 6. The number of nitriles is 1. The van der Waals surface area contributed by atoms with Gasteiger partial charge in [0.25, 0.3) is 0 Å². The summed E-state index contributed by atoms with van der Waals surface area (Å²) in [7, 11) is 0. The lowest BCUT2D eigenvalue weighted by Gasteiger charge is -2.39. The lowest BCUT2D eigenvalue weighted by atomic mass is 9.75. The molecule has 2 aliphatic rings. The van der Waals surface area contributed by atoms with Crippen LogP contribution in [-0.2, 0) is 11.8 Å². The van der Waals surface area contributed by atoms with Crippen LogP contribution >= 0.6 is 0 Å². The highest BCUT2D eigenvalue weighted by Crippen LogP contribution is 2.40. The first-order chi connectivity index (χ1) is 17.6. The van der Waals surface area contributed by atoms with Crippen LogP contribution in [0.4, 0.5) is 0 Å². The number of nitrogens with zero attached hydrogens (tertiary/aromatic N) is 4. The minimum Gasteiger partial charge on any atom is -0.395 e. The summed E-state index contributed by atoms with van der Waals surface area (Å²) in [5.41, 5.74) is 5.36. The van der Waals surface area contributed by atoms with Crippen molar-refractivity contribution >= 4 is 11.4 Å². The molecule has 1 aromatic carbocycles. The molecule has 4 rings (SSSR count). The van der Waals surface area contributed by atoms with Gasteiger partial charge in [0.15, 0.2) is 5.82 Å². The van der Waals surface area contributed by atoms with Crippen LogP contribution in [0.1, 0.15) is 80.0 Å². The maximum absolute atomic E-state index is 13.1. The fourth-order valence-electron chi connectivity index (χ4n) is 5.51. The zero-order valence-electron chi connectivity index (χ0n) is 22.8. The van der Waals surface area contributed by atoms with E-state index in [1.54, 1.807) is 0 Å². The summed E-state index contributed by atoms with van der Waals surface area (Å²) in [5, 5.41) is 18.3. The normalized spacial score (nSPS) is 18.9. The van der Waals surface area contributed by atoms with Crippen molar-refractivity contribution in [2.75, 3.05) is 45.9 Å². The van der Waals surface area contributed by atoms with Gasteiger partial charge in [-0.05, 0) is 46.9 Å². The summed E-state index contributed by atoms with van der Waals surface area (Å²) in [6.07, 6.45) is 7.19. The third-order valence-electron chi connectivity index (χ3n) is 8.02. The van der Waals surface area contributed by atoms with Crippen molar-refractivity contribution in [1.29, 1.82) is 5.26 Å². The molecule has 1 fully saturated rings. The number of nitrogens with one attached hydrogen (secondary N) is 1. The quantitative estimate of drug-likeness (QED) is 0.498. The second kappa shape index (κ2) is 11.3. The molecule has 2 N–H and O–H groups in total. The van der Waals surface area contributed by atoms with Gasteiger partial charge in [0, 0.05) is 51.1 Å². The molecule has 0 spiro atoms. The van der Waals surface area contributed by atoms with Crippen LogP contribution in [0.5, 0.6) is 0 Å². The first-order valence-corrected chi connectivity index (χ1v) is 13.5. The van der Waals surface area contributed by atoms with Gasteiger partial charge in [-0.3, -0.25) is 14.6 Å². The van der Waals surface area contributed by atoms with E-state index in [0.29, 0.717) is 11.1 Å². The molecule has 7 nitrogen and oxygen atoms in total. The number of aliphatic hydroxyl groups is 1. The molecule has 7 heteroatoms. The van der Waals surface area contributed by atoms with Crippen LogP contribution in [0.3, 0.4) is 0 Å². The lowest BCUT2D eigenvalue weighted by Crippen LogP contribution is -2.50. The van der Waals surface area contributed by atoms with Crippen LogP contribution in [0, 0.1) is 16.7 Å². The predicted molar refractivity (Wildman–Crippen MR) is 146 cm³/mol. The Morgan fingerprint density at radius 3 is 2.57 bits per heavy atom. The number of hydrogen-bond donors (Lipinski definition) is 2. The zero-order chi connectivity index (χ0) is 26.6. The van der Waals surface area contributed by atoms with Gasteiger partial charge < -0.3 is 10.1 Å². The Kier molecular flexibility index (Phi) is 8.33. The average molecular weight is 504 g/mol. The molecule has 0 saturated carbocycles. The van der Waals surface area contributed by atoms with E-state index in [1.165, 1.54) is 22.9 Å². The second-order valence-electron chi connectivity index (χ2n) is 12.1. The molecule has 198 valence electrons. The van der Waals surface area contributed by atoms with Crippen LogP contribution in [0.25, 0.3) is 5.57 Å². The molecule has 1 aliphatic heterocycles. The molecule has 37 heavy (non-hydrogen) atoms. The molecular formula is C30H41N5O2. The smallest absolute Gasteiger partial charge is 0.202 e. The number of Topliss-reactive ketones (excluding diaryl/α,β-unsaturated/α-hetero) is 1. The molecule has 0 bridgehead atoms. The number of carbonyl (C=O) groups excluding carboxylic acids is 1. The number of imidazole rings is 1. The van der Waals surface area contributed by atoms with Crippen molar-refractivity contribution in [2.24, 2.45) is 5.41 Å². The number of carbonyl (C=O) groups is 1. The number of benzene rings is 1. The van der Waals surface area contributed by atoms with E-state index in [1.807, 2.05) is 6.07 Å². The highest BCUT2D eigenvalue weighted by atomic mass is 16.3. The molecule has 0 atom stereocenters. The number of aromatic amines is 1. The van der Waals surface area contributed by atoms with Crippen molar-refractivity contribution in [1.82, 2.24) is 19.8 Å². The van der Waals surface area contributed by atoms with E-state index in [9.17, 15) is 9.90 Å². The minimum atomic E-state index is -0.104. The van der Waals surface area contributed by atoms with Gasteiger partial charge in [-0.2, -0.15) is 5.26 Å². The largest absolute Gasteiger partial charge is 0.395 e. The number of piperazine rings is 1. The maximum atomic E-state index is 13.1. The van der Waals surface area contributed by atoms with Gasteiger partial charge in [0.05, 0.1) is 12.8 Å². The SMILES string of the molecule is CC1(C)CC=C(c2cc(C(C)(C)CN3CCN(CCO)CC3)ccc2CC(=O)c2ncc(C#N)[nH]2)CC1. The molecule has 0 radical (unpaired) electrons. The Balaban J connectivity index is 1.58. The van der Waals surface area contributed by atoms with Gasteiger partial charge >= 0.3 is 0 Å². The summed E-state index contributed by atoms with van der Waals surface area (Å²) < 4.78 is 0. The van der Waals surface area contributed by atoms with Crippen molar-refractivity contribution in [3.8, 4) is 6.07 Å². The molecular weight excluding hydrogens is 462 g/mol. The molecule has 0 unspecified atom stereocenters. The Bertz CT molecular complexity index is 1180. The Labute approximate surface area is 221 Å². The number of aromatic nitrogens is 2. The van der Waals surface area contributed by atoms with Crippen molar-refractivity contribution < 1.29 is 9.90 Å². The van der Waals surface area contributed by atoms with Crippen LogP contribution in [-0.4, -0.2) is 76.5 Å². The van der Waals surface area contributed by atoms with E-state index in [0.717, 1.165) is 64.1 Å². The predicted octanol–water partition coefficient (Wildman–Crippen LogP) is 4.19. The van der Waals surface area contributed by atoms with Crippen LogP contribution in [0.2, 0.25) is 0 Å². The first-order valence-electron chi connectivity index (χ1n) is 13.5. The number of rotatable bonds is 9. The summed E-state index contributed by atoms with van der Waals surface area (Å²) in [6.45, 7) is 15.2. The molecule has 1 aromatic heterocycles. The highest BCUT2D eigenvalue weighted by Gasteiger charge is 2.29. The number of H-pyrrole nitrogens is 1. The first kappa shape index (κ1) is 27.3. The lowest BCUT2D eigenvalue weighted by molar-refractivity contribution is 0.0983. The number of allylic oxidation sites excluding steroid dienone is 2. The Morgan fingerprint density at radius 1 is 1.22 bits per heavy atom. The summed E-state index contributed by atoms with van der Waals surface area (Å²) in [5.74, 6) is 0.137. The minimum absolute atomic E-state index is 0.0480. The van der Waals surface area contributed by atoms with Gasteiger partial charge in [0.2, 0.25) is 5.78 Å². The van der Waals surface area contributed by atoms with Crippen molar-refractivity contribution in [3.63, 3.8) is 0 Å². The number of aliphatic hydroxyl groups excluding tert-OH is 1. The second-order valence-corrected chi connectivity index (χ2v) is 12.1. The van der Waals surface area contributed by atoms with Gasteiger partial charge in [-0.1, -0.05) is 52.0 Å². The highest BCUT2D eigenvalue weighted by molar-refractivity contribution is 5.95. The topological polar surface area (TPSA) is 96.2 Å². The van der Waals surface area contributed by atoms with E-state index in [-0.39, 0.29) is 30.1 Å². The van der Waals surface area contributed by atoms with E-state index < -0.39 is 0 Å². The third kappa shape index (κ3) is 6.75. The van der Waals surface area contributed by atoms with Gasteiger partial charge in [-0.25, -0.2) is 4.98 Å². The van der Waals surface area contributed by atoms with Gasteiger partial charge in [0.1, 0.15) is 11.8 Å². The monoisotopic (exact) mass is 503 g/mol. The van der Waals surface area contributed by atoms with E-state index in [4.69, 9.17) is 5.26 Å². The van der Waals surface area contributed by atoms with Gasteiger partial charge in [-0.15, -0.1) is 0 Å². The van der Waals surface area contributed by atoms with Crippen LogP contribution in [0.15, 0.2) is 30.5 Å². The van der Waals surface area contributed by atoms with Crippen LogP contribution < -0.4 is 0 Å². The molecule has 2 heterocycles. The molecule has 1 aliphatic carbocycles. The fraction of sp³-hybridized carbons (Fsp3) is 0.567. The zero-order valence-corrected chi connectivity index (χ0v) is 22.8.